The molecule has 0 spiro atoms. The normalized spacial score (nSPS) is 9.93. The fourth-order valence-corrected chi connectivity index (χ4v) is 1.44. The third-order valence-corrected chi connectivity index (χ3v) is 2.18. The lowest BCUT2D eigenvalue weighted by Crippen LogP contribution is -1.95. The second-order valence-electron chi connectivity index (χ2n) is 3.51. The zero-order chi connectivity index (χ0) is 10.5. The molecule has 0 aliphatic rings. The maximum absolute atomic E-state index is 5.63. The third kappa shape index (κ3) is 2.84. The highest BCUT2D eigenvalue weighted by atomic mass is 16.5. The van der Waals surface area contributed by atoms with Crippen LogP contribution in [0.1, 0.15) is 11.1 Å². The van der Waals surface area contributed by atoms with Gasteiger partial charge >= 0.3 is 0 Å². The molecule has 0 aliphatic carbocycles. The molecule has 0 saturated carbocycles. The first kappa shape index (κ1) is 9.78. The van der Waals surface area contributed by atoms with Gasteiger partial charge in [0.25, 0.3) is 0 Å². The van der Waals surface area contributed by atoms with Crippen LogP contribution in [0.5, 0.6) is 5.75 Å². The number of ether oxygens (including phenoxy) is 1. The fourth-order valence-electron chi connectivity index (χ4n) is 1.44. The molecule has 2 aromatic rings. The lowest BCUT2D eigenvalue weighted by Gasteiger charge is -2.06. The van der Waals surface area contributed by atoms with Crippen LogP contribution in [-0.2, 0) is 6.61 Å². The van der Waals surface area contributed by atoms with Gasteiger partial charge in [0.05, 0.1) is 0 Å². The Balaban J connectivity index is 1.99. The number of hydrogen-bond donors (Lipinski definition) is 0. The summed E-state index contributed by atoms with van der Waals surface area (Å²) in [5.41, 5.74) is 2.46. The molecular formula is C14H13O. The summed E-state index contributed by atoms with van der Waals surface area (Å²) in [6, 6.07) is 18.8. The van der Waals surface area contributed by atoms with Crippen LogP contribution in [-0.4, -0.2) is 0 Å². The summed E-state index contributed by atoms with van der Waals surface area (Å²) in [7, 11) is 0. The van der Waals surface area contributed by atoms with Crippen LogP contribution < -0.4 is 4.74 Å². The molecule has 2 aromatic carbocycles. The molecule has 0 unspecified atom stereocenters. The van der Waals surface area contributed by atoms with Gasteiger partial charge in [-0.1, -0.05) is 42.0 Å². The first-order valence-electron chi connectivity index (χ1n) is 4.99. The van der Waals surface area contributed by atoms with Gasteiger partial charge in [-0.3, -0.25) is 0 Å². The molecule has 75 valence electrons. The van der Waals surface area contributed by atoms with Gasteiger partial charge in [-0.05, 0) is 30.7 Å². The summed E-state index contributed by atoms with van der Waals surface area (Å²) in [6.45, 7) is 2.70. The molecule has 0 heterocycles. The van der Waals surface area contributed by atoms with E-state index in [0.717, 1.165) is 5.75 Å². The Bertz CT molecular complexity index is 420. The second-order valence-corrected chi connectivity index (χ2v) is 3.51. The van der Waals surface area contributed by atoms with E-state index in [9.17, 15) is 0 Å². The molecule has 1 radical (unpaired) electrons. The van der Waals surface area contributed by atoms with Gasteiger partial charge in [0, 0.05) is 0 Å². The van der Waals surface area contributed by atoms with Crippen LogP contribution in [0.25, 0.3) is 0 Å². The third-order valence-electron chi connectivity index (χ3n) is 2.18. The predicted molar refractivity (Wildman–Crippen MR) is 60.8 cm³/mol. The zero-order valence-corrected chi connectivity index (χ0v) is 8.73. The standard InChI is InChI=1S/C14H13O/c1-12-6-5-7-13(10-12)11-15-14-8-3-2-4-9-14/h3-10H,11H2,1H3. The molecule has 1 nitrogen and oxygen atoms in total. The minimum absolute atomic E-state index is 0.617. The monoisotopic (exact) mass is 197 g/mol. The summed E-state index contributed by atoms with van der Waals surface area (Å²) in [5, 5.41) is 0. The van der Waals surface area contributed by atoms with E-state index >= 15 is 0 Å². The topological polar surface area (TPSA) is 9.23 Å². The quantitative estimate of drug-likeness (QED) is 0.733. The van der Waals surface area contributed by atoms with E-state index in [2.05, 4.69) is 31.2 Å². The minimum atomic E-state index is 0.617. The smallest absolute Gasteiger partial charge is 0.119 e. The highest BCUT2D eigenvalue weighted by molar-refractivity contribution is 5.24. The van der Waals surface area contributed by atoms with Gasteiger partial charge in [-0.15, -0.1) is 0 Å². The van der Waals surface area contributed by atoms with Gasteiger partial charge in [0.2, 0.25) is 0 Å². The van der Waals surface area contributed by atoms with Crippen molar-refractivity contribution >= 4 is 0 Å². The molecule has 0 bridgehead atoms. The maximum Gasteiger partial charge on any atom is 0.119 e. The number of aryl methyl sites for hydroxylation is 1. The first-order chi connectivity index (χ1) is 7.34. The van der Waals surface area contributed by atoms with E-state index in [1.807, 2.05) is 30.3 Å². The van der Waals surface area contributed by atoms with Crippen LogP contribution in [0.4, 0.5) is 0 Å². The maximum atomic E-state index is 5.63. The lowest BCUT2D eigenvalue weighted by atomic mass is 10.1. The van der Waals surface area contributed by atoms with Gasteiger partial charge < -0.3 is 4.74 Å². The Hall–Kier alpha value is -1.76. The summed E-state index contributed by atoms with van der Waals surface area (Å²) in [6.07, 6.45) is 0. The van der Waals surface area contributed by atoms with Crippen LogP contribution in [0.3, 0.4) is 0 Å². The Morgan fingerprint density at radius 3 is 2.67 bits per heavy atom. The Kier molecular flexibility index (Phi) is 3.03. The van der Waals surface area contributed by atoms with Crippen LogP contribution in [0.15, 0.2) is 48.5 Å². The highest BCUT2D eigenvalue weighted by Gasteiger charge is 1.94. The average Bonchev–Trinajstić information content (AvgIpc) is 2.28. The minimum Gasteiger partial charge on any atom is -0.489 e. The molecule has 0 aliphatic heterocycles. The van der Waals surface area contributed by atoms with Crippen molar-refractivity contribution in [3.63, 3.8) is 0 Å². The number of rotatable bonds is 3. The van der Waals surface area contributed by atoms with E-state index < -0.39 is 0 Å². The Labute approximate surface area is 90.3 Å². The summed E-state index contributed by atoms with van der Waals surface area (Å²) in [5.74, 6) is 0.884. The number of benzene rings is 2. The lowest BCUT2D eigenvalue weighted by molar-refractivity contribution is 0.306. The van der Waals surface area contributed by atoms with E-state index in [0.29, 0.717) is 6.61 Å². The van der Waals surface area contributed by atoms with Crippen LogP contribution >= 0.6 is 0 Å². The molecule has 15 heavy (non-hydrogen) atoms. The molecule has 0 fully saturated rings. The molecular weight excluding hydrogens is 184 g/mol. The van der Waals surface area contributed by atoms with Crippen molar-refractivity contribution in [2.24, 2.45) is 0 Å². The van der Waals surface area contributed by atoms with Gasteiger partial charge in [0.1, 0.15) is 12.4 Å². The first-order valence-corrected chi connectivity index (χ1v) is 4.99. The largest absolute Gasteiger partial charge is 0.489 e. The van der Waals surface area contributed by atoms with Crippen LogP contribution in [0.2, 0.25) is 0 Å². The van der Waals surface area contributed by atoms with E-state index in [-0.39, 0.29) is 0 Å². The Morgan fingerprint density at radius 2 is 1.93 bits per heavy atom. The molecule has 0 saturated heterocycles. The molecule has 0 N–H and O–H groups in total. The van der Waals surface area contributed by atoms with E-state index in [1.54, 1.807) is 0 Å². The molecule has 0 atom stereocenters. The fraction of sp³-hybridized carbons (Fsp3) is 0.143. The van der Waals surface area contributed by atoms with Crippen molar-refractivity contribution in [3.05, 3.63) is 65.7 Å². The van der Waals surface area contributed by atoms with E-state index in [4.69, 9.17) is 4.74 Å². The zero-order valence-electron chi connectivity index (χ0n) is 8.73. The molecule has 2 rings (SSSR count). The number of hydrogen-bond acceptors (Lipinski definition) is 1. The van der Waals surface area contributed by atoms with Crippen molar-refractivity contribution in [3.8, 4) is 5.75 Å². The van der Waals surface area contributed by atoms with Gasteiger partial charge in [0.15, 0.2) is 0 Å². The van der Waals surface area contributed by atoms with Gasteiger partial charge in [-0.2, -0.15) is 0 Å². The molecule has 1 heteroatoms. The molecule has 0 aromatic heterocycles. The second kappa shape index (κ2) is 4.65. The van der Waals surface area contributed by atoms with E-state index in [1.165, 1.54) is 11.1 Å². The summed E-state index contributed by atoms with van der Waals surface area (Å²) < 4.78 is 5.63. The van der Waals surface area contributed by atoms with Crippen molar-refractivity contribution < 1.29 is 4.74 Å². The van der Waals surface area contributed by atoms with Crippen molar-refractivity contribution in [2.45, 2.75) is 13.5 Å². The van der Waals surface area contributed by atoms with Crippen LogP contribution in [0, 0.1) is 13.0 Å². The summed E-state index contributed by atoms with van der Waals surface area (Å²) in [4.78, 5) is 0. The van der Waals surface area contributed by atoms with Gasteiger partial charge in [-0.25, -0.2) is 0 Å². The average molecular weight is 197 g/mol. The highest BCUT2D eigenvalue weighted by Crippen LogP contribution is 2.11. The molecule has 0 amide bonds. The Morgan fingerprint density at radius 1 is 1.13 bits per heavy atom. The van der Waals surface area contributed by atoms with Crippen molar-refractivity contribution in [2.75, 3.05) is 0 Å². The predicted octanol–water partition coefficient (Wildman–Crippen LogP) is 3.37. The SMILES string of the molecule is Cc1cccc(COc2cc[c]cc2)c1. The summed E-state index contributed by atoms with van der Waals surface area (Å²) >= 11 is 0. The van der Waals surface area contributed by atoms with Crippen molar-refractivity contribution in [1.29, 1.82) is 0 Å². The van der Waals surface area contributed by atoms with Crippen molar-refractivity contribution in [1.82, 2.24) is 0 Å².